The lowest BCUT2D eigenvalue weighted by Gasteiger charge is -2.25. The first-order chi connectivity index (χ1) is 13.5. The SMILES string of the molecule is CCOc1ccc2cc(C(=O)NCC(C)(C)c3ccc4c(c3)OCO4)[nH]c2c1. The first kappa shape index (κ1) is 18.2. The lowest BCUT2D eigenvalue weighted by Crippen LogP contribution is -2.36. The minimum atomic E-state index is -0.259. The molecule has 0 saturated heterocycles. The number of carbonyl (C=O) groups excluding carboxylic acids is 1. The molecule has 2 aromatic carbocycles. The Bertz CT molecular complexity index is 1020. The molecule has 1 aliphatic heterocycles. The molecule has 0 spiro atoms. The fraction of sp³-hybridized carbons (Fsp3) is 0.318. The lowest BCUT2D eigenvalue weighted by molar-refractivity contribution is 0.0941. The first-order valence-electron chi connectivity index (χ1n) is 9.40. The summed E-state index contributed by atoms with van der Waals surface area (Å²) in [6.07, 6.45) is 0. The Kier molecular flexibility index (Phi) is 4.63. The molecule has 0 atom stereocenters. The van der Waals surface area contributed by atoms with Gasteiger partial charge >= 0.3 is 0 Å². The second-order valence-electron chi connectivity index (χ2n) is 7.50. The summed E-state index contributed by atoms with van der Waals surface area (Å²) in [5.41, 5.74) is 2.23. The maximum atomic E-state index is 12.7. The third-order valence-corrected chi connectivity index (χ3v) is 4.99. The molecular weight excluding hydrogens is 356 g/mol. The highest BCUT2D eigenvalue weighted by Crippen LogP contribution is 2.36. The number of benzene rings is 2. The van der Waals surface area contributed by atoms with Gasteiger partial charge in [0, 0.05) is 28.9 Å². The summed E-state index contributed by atoms with van der Waals surface area (Å²) in [5.74, 6) is 2.15. The van der Waals surface area contributed by atoms with Crippen molar-refractivity contribution < 1.29 is 19.0 Å². The van der Waals surface area contributed by atoms with E-state index in [9.17, 15) is 4.79 Å². The van der Waals surface area contributed by atoms with Crippen molar-refractivity contribution in [1.29, 1.82) is 0 Å². The van der Waals surface area contributed by atoms with E-state index in [1.165, 1.54) is 0 Å². The minimum Gasteiger partial charge on any atom is -0.494 e. The van der Waals surface area contributed by atoms with E-state index in [1.807, 2.05) is 49.4 Å². The maximum Gasteiger partial charge on any atom is 0.267 e. The molecule has 1 amide bonds. The van der Waals surface area contributed by atoms with Gasteiger partial charge in [0.25, 0.3) is 5.91 Å². The summed E-state index contributed by atoms with van der Waals surface area (Å²) in [5, 5.41) is 4.01. The highest BCUT2D eigenvalue weighted by molar-refractivity contribution is 5.98. The average Bonchev–Trinajstić information content (AvgIpc) is 3.32. The van der Waals surface area contributed by atoms with Crippen molar-refractivity contribution >= 4 is 16.8 Å². The zero-order chi connectivity index (χ0) is 19.7. The highest BCUT2D eigenvalue weighted by atomic mass is 16.7. The van der Waals surface area contributed by atoms with Crippen molar-refractivity contribution in [2.24, 2.45) is 0 Å². The van der Waals surface area contributed by atoms with E-state index >= 15 is 0 Å². The molecule has 0 unspecified atom stereocenters. The van der Waals surface area contributed by atoms with Gasteiger partial charge in [-0.25, -0.2) is 0 Å². The standard InChI is InChI=1S/C22H24N2O4/c1-4-26-16-7-5-14-9-18(24-17(14)11-16)21(25)23-12-22(2,3)15-6-8-19-20(10-15)28-13-27-19/h5-11,24H,4,12-13H2,1-3H3,(H,23,25). The molecule has 6 heteroatoms. The molecule has 0 fully saturated rings. The number of amides is 1. The molecule has 0 aliphatic carbocycles. The van der Waals surface area contributed by atoms with Crippen molar-refractivity contribution in [1.82, 2.24) is 10.3 Å². The molecular formula is C22H24N2O4. The van der Waals surface area contributed by atoms with Crippen LogP contribution in [0.4, 0.5) is 0 Å². The zero-order valence-electron chi connectivity index (χ0n) is 16.3. The van der Waals surface area contributed by atoms with Crippen LogP contribution in [0.15, 0.2) is 42.5 Å². The van der Waals surface area contributed by atoms with Crippen molar-refractivity contribution in [3.05, 3.63) is 53.7 Å². The van der Waals surface area contributed by atoms with Crippen molar-refractivity contribution in [3.8, 4) is 17.2 Å². The topological polar surface area (TPSA) is 72.6 Å². The molecule has 0 saturated carbocycles. The number of fused-ring (bicyclic) bond motifs is 2. The molecule has 2 N–H and O–H groups in total. The fourth-order valence-corrected chi connectivity index (χ4v) is 3.30. The van der Waals surface area contributed by atoms with Gasteiger partial charge in [-0.05, 0) is 42.8 Å². The molecule has 146 valence electrons. The van der Waals surface area contributed by atoms with Crippen LogP contribution < -0.4 is 19.5 Å². The number of nitrogens with one attached hydrogen (secondary N) is 2. The Hall–Kier alpha value is -3.15. The largest absolute Gasteiger partial charge is 0.494 e. The van der Waals surface area contributed by atoms with Crippen molar-refractivity contribution in [2.75, 3.05) is 19.9 Å². The Morgan fingerprint density at radius 3 is 2.79 bits per heavy atom. The summed E-state index contributed by atoms with van der Waals surface area (Å²) in [6.45, 7) is 7.47. The maximum absolute atomic E-state index is 12.7. The molecule has 1 aromatic heterocycles. The monoisotopic (exact) mass is 380 g/mol. The van der Waals surface area contributed by atoms with Crippen LogP contribution in [0.5, 0.6) is 17.2 Å². The third kappa shape index (κ3) is 3.50. The molecule has 2 heterocycles. The normalized spacial score (nSPS) is 13.0. The Labute approximate surface area is 163 Å². The van der Waals surface area contributed by atoms with Crippen LogP contribution in [0.2, 0.25) is 0 Å². The minimum absolute atomic E-state index is 0.136. The summed E-state index contributed by atoms with van der Waals surface area (Å²) in [4.78, 5) is 15.8. The number of carbonyl (C=O) groups is 1. The van der Waals surface area contributed by atoms with Crippen molar-refractivity contribution in [2.45, 2.75) is 26.2 Å². The van der Waals surface area contributed by atoms with Crippen LogP contribution >= 0.6 is 0 Å². The van der Waals surface area contributed by atoms with E-state index in [2.05, 4.69) is 24.1 Å². The van der Waals surface area contributed by atoms with Gasteiger partial charge in [0.1, 0.15) is 11.4 Å². The van der Waals surface area contributed by atoms with Crippen LogP contribution in [-0.2, 0) is 5.41 Å². The van der Waals surface area contributed by atoms with E-state index in [0.717, 1.165) is 33.7 Å². The van der Waals surface area contributed by atoms with Gasteiger partial charge in [-0.15, -0.1) is 0 Å². The van der Waals surface area contributed by atoms with E-state index in [1.54, 1.807) is 0 Å². The number of rotatable bonds is 6. The number of hydrogen-bond donors (Lipinski definition) is 2. The Morgan fingerprint density at radius 1 is 1.14 bits per heavy atom. The van der Waals surface area contributed by atoms with Gasteiger partial charge in [0.15, 0.2) is 11.5 Å². The van der Waals surface area contributed by atoms with Gasteiger partial charge in [-0.3, -0.25) is 4.79 Å². The third-order valence-electron chi connectivity index (χ3n) is 4.99. The summed E-state index contributed by atoms with van der Waals surface area (Å²) >= 11 is 0. The van der Waals surface area contributed by atoms with Crippen LogP contribution in [0.25, 0.3) is 10.9 Å². The summed E-state index contributed by atoms with van der Waals surface area (Å²) in [6, 6.07) is 13.5. The second-order valence-corrected chi connectivity index (χ2v) is 7.50. The highest BCUT2D eigenvalue weighted by Gasteiger charge is 2.25. The summed E-state index contributed by atoms with van der Waals surface area (Å²) in [7, 11) is 0. The molecule has 3 aromatic rings. The van der Waals surface area contributed by atoms with Crippen LogP contribution in [-0.4, -0.2) is 30.8 Å². The fourth-order valence-electron chi connectivity index (χ4n) is 3.30. The smallest absolute Gasteiger partial charge is 0.267 e. The molecule has 6 nitrogen and oxygen atoms in total. The first-order valence-corrected chi connectivity index (χ1v) is 9.40. The molecule has 0 bridgehead atoms. The predicted octanol–water partition coefficient (Wildman–Crippen LogP) is 4.00. The Balaban J connectivity index is 1.46. The Morgan fingerprint density at radius 2 is 1.96 bits per heavy atom. The van der Waals surface area contributed by atoms with Gasteiger partial charge < -0.3 is 24.5 Å². The van der Waals surface area contributed by atoms with Crippen LogP contribution in [0.1, 0.15) is 36.8 Å². The van der Waals surface area contributed by atoms with E-state index in [-0.39, 0.29) is 18.1 Å². The predicted molar refractivity (Wildman–Crippen MR) is 107 cm³/mol. The molecule has 28 heavy (non-hydrogen) atoms. The van der Waals surface area contributed by atoms with E-state index < -0.39 is 0 Å². The second kappa shape index (κ2) is 7.11. The average molecular weight is 380 g/mol. The number of aromatic amines is 1. The molecule has 4 rings (SSSR count). The molecule has 1 aliphatic rings. The van der Waals surface area contributed by atoms with E-state index in [4.69, 9.17) is 14.2 Å². The van der Waals surface area contributed by atoms with Gasteiger partial charge in [0.2, 0.25) is 6.79 Å². The number of aromatic nitrogens is 1. The van der Waals surface area contributed by atoms with E-state index in [0.29, 0.717) is 18.8 Å². The lowest BCUT2D eigenvalue weighted by atomic mass is 9.84. The van der Waals surface area contributed by atoms with Crippen molar-refractivity contribution in [3.63, 3.8) is 0 Å². The van der Waals surface area contributed by atoms with Crippen LogP contribution in [0.3, 0.4) is 0 Å². The number of H-pyrrole nitrogens is 1. The number of hydrogen-bond acceptors (Lipinski definition) is 4. The van der Waals surface area contributed by atoms with Gasteiger partial charge in [0.05, 0.1) is 6.61 Å². The molecule has 0 radical (unpaired) electrons. The number of ether oxygens (including phenoxy) is 3. The quantitative estimate of drug-likeness (QED) is 0.678. The van der Waals surface area contributed by atoms with Gasteiger partial charge in [-0.2, -0.15) is 0 Å². The van der Waals surface area contributed by atoms with Gasteiger partial charge in [-0.1, -0.05) is 19.9 Å². The summed E-state index contributed by atoms with van der Waals surface area (Å²) < 4.78 is 16.4. The van der Waals surface area contributed by atoms with Crippen LogP contribution in [0, 0.1) is 0 Å². The zero-order valence-corrected chi connectivity index (χ0v) is 16.3.